The lowest BCUT2D eigenvalue weighted by atomic mass is 9.78. The third kappa shape index (κ3) is 2.85. The minimum atomic E-state index is -0.470. The highest BCUT2D eigenvalue weighted by Crippen LogP contribution is 2.34. The van der Waals surface area contributed by atoms with Crippen LogP contribution in [0, 0.1) is 5.41 Å². The molecule has 1 amide bonds. The first-order valence-electron chi connectivity index (χ1n) is 9.41. The number of rotatable bonds is 3. The number of para-hydroxylation sites is 2. The van der Waals surface area contributed by atoms with Crippen molar-refractivity contribution in [2.75, 3.05) is 32.8 Å². The smallest absolute Gasteiger partial charge is 0.326 e. The molecule has 2 aliphatic heterocycles. The molecule has 26 heavy (non-hydrogen) atoms. The molecule has 2 fully saturated rings. The SMILES string of the molecule is NCC1(C(=O)N2CCC(n3c(=O)[nH]c4ccccc43)CC2)CCOCC1. The summed E-state index contributed by atoms with van der Waals surface area (Å²) in [5, 5.41) is 0. The number of carbonyl (C=O) groups excluding carboxylic acids is 1. The average Bonchev–Trinajstić information content (AvgIpc) is 3.03. The summed E-state index contributed by atoms with van der Waals surface area (Å²) in [5.41, 5.74) is 7.24. The van der Waals surface area contributed by atoms with E-state index in [2.05, 4.69) is 4.98 Å². The first-order valence-corrected chi connectivity index (χ1v) is 9.41. The summed E-state index contributed by atoms with van der Waals surface area (Å²) in [4.78, 5) is 30.3. The first kappa shape index (κ1) is 17.3. The number of piperidine rings is 1. The van der Waals surface area contributed by atoms with E-state index in [-0.39, 0.29) is 17.6 Å². The number of aromatic nitrogens is 2. The van der Waals surface area contributed by atoms with E-state index >= 15 is 0 Å². The Hall–Kier alpha value is -2.12. The maximum atomic E-state index is 13.1. The molecular weight excluding hydrogens is 332 g/mol. The molecule has 2 saturated heterocycles. The van der Waals surface area contributed by atoms with Crippen molar-refractivity contribution in [2.45, 2.75) is 31.7 Å². The standard InChI is InChI=1S/C19H26N4O3/c20-13-19(7-11-26-12-8-19)17(24)22-9-5-14(6-10-22)23-16-4-2-1-3-15(16)21-18(23)25/h1-4,14H,5-13,20H2,(H,21,25). The van der Waals surface area contributed by atoms with Crippen LogP contribution in [-0.4, -0.2) is 53.2 Å². The molecule has 7 nitrogen and oxygen atoms in total. The molecule has 0 bridgehead atoms. The van der Waals surface area contributed by atoms with Crippen molar-refractivity contribution in [1.82, 2.24) is 14.5 Å². The fourth-order valence-corrected chi connectivity index (χ4v) is 4.37. The van der Waals surface area contributed by atoms with Gasteiger partial charge in [0.15, 0.2) is 0 Å². The number of hydrogen-bond donors (Lipinski definition) is 2. The van der Waals surface area contributed by atoms with Crippen molar-refractivity contribution in [2.24, 2.45) is 11.1 Å². The zero-order chi connectivity index (χ0) is 18.1. The van der Waals surface area contributed by atoms with E-state index in [0.29, 0.717) is 45.7 Å². The first-order chi connectivity index (χ1) is 12.6. The normalized spacial score (nSPS) is 21.2. The lowest BCUT2D eigenvalue weighted by Crippen LogP contribution is -2.53. The maximum Gasteiger partial charge on any atom is 0.326 e. The van der Waals surface area contributed by atoms with E-state index in [9.17, 15) is 9.59 Å². The number of imidazole rings is 1. The second kappa shape index (κ2) is 6.89. The third-order valence-corrected chi connectivity index (χ3v) is 6.04. The summed E-state index contributed by atoms with van der Waals surface area (Å²) < 4.78 is 7.27. The van der Waals surface area contributed by atoms with E-state index in [4.69, 9.17) is 10.5 Å². The molecule has 2 aromatic rings. The molecule has 7 heteroatoms. The number of likely N-dealkylation sites (tertiary alicyclic amines) is 1. The van der Waals surface area contributed by atoms with E-state index in [0.717, 1.165) is 23.9 Å². The van der Waals surface area contributed by atoms with E-state index in [1.54, 1.807) is 0 Å². The second-order valence-corrected chi connectivity index (χ2v) is 7.44. The fraction of sp³-hybridized carbons (Fsp3) is 0.579. The van der Waals surface area contributed by atoms with Gasteiger partial charge in [0.25, 0.3) is 0 Å². The molecule has 0 radical (unpaired) electrons. The minimum Gasteiger partial charge on any atom is -0.381 e. The average molecular weight is 358 g/mol. The summed E-state index contributed by atoms with van der Waals surface area (Å²) in [5.74, 6) is 0.160. The van der Waals surface area contributed by atoms with Crippen LogP contribution in [0.25, 0.3) is 11.0 Å². The number of nitrogens with two attached hydrogens (primary N) is 1. The minimum absolute atomic E-state index is 0.0705. The predicted molar refractivity (Wildman–Crippen MR) is 99.0 cm³/mol. The van der Waals surface area contributed by atoms with Crippen molar-refractivity contribution in [3.8, 4) is 0 Å². The molecule has 0 spiro atoms. The van der Waals surface area contributed by atoms with Crippen LogP contribution in [0.5, 0.6) is 0 Å². The monoisotopic (exact) mass is 358 g/mol. The Balaban J connectivity index is 1.49. The Labute approximate surface area is 152 Å². The summed E-state index contributed by atoms with van der Waals surface area (Å²) in [6.07, 6.45) is 2.96. The number of fused-ring (bicyclic) bond motifs is 1. The van der Waals surface area contributed by atoms with Crippen molar-refractivity contribution in [3.63, 3.8) is 0 Å². The van der Waals surface area contributed by atoms with Crippen molar-refractivity contribution < 1.29 is 9.53 Å². The van der Waals surface area contributed by atoms with Gasteiger partial charge in [-0.05, 0) is 37.8 Å². The van der Waals surface area contributed by atoms with Gasteiger partial charge in [-0.2, -0.15) is 0 Å². The fourth-order valence-electron chi connectivity index (χ4n) is 4.37. The number of aromatic amines is 1. The number of ether oxygens (including phenoxy) is 1. The third-order valence-electron chi connectivity index (χ3n) is 6.04. The van der Waals surface area contributed by atoms with Crippen LogP contribution in [0.2, 0.25) is 0 Å². The van der Waals surface area contributed by atoms with Crippen LogP contribution in [0.3, 0.4) is 0 Å². The van der Waals surface area contributed by atoms with Crippen molar-refractivity contribution >= 4 is 16.9 Å². The van der Waals surface area contributed by atoms with Crippen LogP contribution in [0.4, 0.5) is 0 Å². The van der Waals surface area contributed by atoms with Gasteiger partial charge in [-0.3, -0.25) is 9.36 Å². The lowest BCUT2D eigenvalue weighted by molar-refractivity contribution is -0.148. The van der Waals surface area contributed by atoms with Crippen LogP contribution in [-0.2, 0) is 9.53 Å². The molecule has 0 saturated carbocycles. The molecule has 0 aliphatic carbocycles. The quantitative estimate of drug-likeness (QED) is 0.863. The topological polar surface area (TPSA) is 93.4 Å². The van der Waals surface area contributed by atoms with Gasteiger partial charge in [0.1, 0.15) is 0 Å². The largest absolute Gasteiger partial charge is 0.381 e. The zero-order valence-electron chi connectivity index (χ0n) is 14.9. The summed E-state index contributed by atoms with van der Waals surface area (Å²) >= 11 is 0. The van der Waals surface area contributed by atoms with Gasteiger partial charge in [0.2, 0.25) is 5.91 Å². The molecule has 4 rings (SSSR count). The number of amides is 1. The van der Waals surface area contributed by atoms with Crippen molar-refractivity contribution in [3.05, 3.63) is 34.7 Å². The van der Waals surface area contributed by atoms with E-state index in [1.807, 2.05) is 33.7 Å². The second-order valence-electron chi connectivity index (χ2n) is 7.44. The Morgan fingerprint density at radius 3 is 2.62 bits per heavy atom. The van der Waals surface area contributed by atoms with Crippen molar-refractivity contribution in [1.29, 1.82) is 0 Å². The van der Waals surface area contributed by atoms with Gasteiger partial charge >= 0.3 is 5.69 Å². The Kier molecular flexibility index (Phi) is 4.58. The van der Waals surface area contributed by atoms with E-state index in [1.165, 1.54) is 0 Å². The molecule has 1 aromatic carbocycles. The highest BCUT2D eigenvalue weighted by Gasteiger charge is 2.42. The summed E-state index contributed by atoms with van der Waals surface area (Å²) in [6, 6.07) is 7.87. The number of nitrogens with zero attached hydrogens (tertiary/aromatic N) is 2. The molecule has 2 aliphatic rings. The van der Waals surface area contributed by atoms with Crippen LogP contribution in [0.15, 0.2) is 29.1 Å². The Morgan fingerprint density at radius 1 is 1.23 bits per heavy atom. The molecule has 0 atom stereocenters. The highest BCUT2D eigenvalue weighted by molar-refractivity contribution is 5.83. The Bertz CT molecular complexity index is 842. The Morgan fingerprint density at radius 2 is 1.92 bits per heavy atom. The van der Waals surface area contributed by atoms with Crippen LogP contribution >= 0.6 is 0 Å². The van der Waals surface area contributed by atoms with Crippen LogP contribution < -0.4 is 11.4 Å². The molecule has 1 aromatic heterocycles. The number of H-pyrrole nitrogens is 1. The van der Waals surface area contributed by atoms with Gasteiger partial charge in [0.05, 0.1) is 16.4 Å². The van der Waals surface area contributed by atoms with Gasteiger partial charge in [-0.15, -0.1) is 0 Å². The molecular formula is C19H26N4O3. The van der Waals surface area contributed by atoms with Gasteiger partial charge in [-0.25, -0.2) is 4.79 Å². The number of benzene rings is 1. The molecule has 0 unspecified atom stereocenters. The summed E-state index contributed by atoms with van der Waals surface area (Å²) in [7, 11) is 0. The number of carbonyl (C=O) groups is 1. The zero-order valence-corrected chi connectivity index (χ0v) is 14.9. The predicted octanol–water partition coefficient (Wildman–Crippen LogP) is 1.25. The molecule has 3 N–H and O–H groups in total. The molecule has 140 valence electrons. The van der Waals surface area contributed by atoms with E-state index < -0.39 is 5.41 Å². The van der Waals surface area contributed by atoms with Gasteiger partial charge < -0.3 is 20.4 Å². The highest BCUT2D eigenvalue weighted by atomic mass is 16.5. The van der Waals surface area contributed by atoms with Gasteiger partial charge in [-0.1, -0.05) is 12.1 Å². The summed E-state index contributed by atoms with van der Waals surface area (Å²) in [6.45, 7) is 2.90. The van der Waals surface area contributed by atoms with Crippen LogP contribution in [0.1, 0.15) is 31.7 Å². The molecule has 3 heterocycles. The number of hydrogen-bond acceptors (Lipinski definition) is 4. The van der Waals surface area contributed by atoms with Gasteiger partial charge in [0, 0.05) is 38.9 Å². The number of nitrogens with one attached hydrogen (secondary N) is 1. The lowest BCUT2D eigenvalue weighted by Gasteiger charge is -2.41. The maximum absolute atomic E-state index is 13.1.